The quantitative estimate of drug-likeness (QED) is 0.751. The molecule has 0 radical (unpaired) electrons. The zero-order valence-electron chi connectivity index (χ0n) is 12.2. The Labute approximate surface area is 129 Å². The first-order valence-corrected chi connectivity index (χ1v) is 7.41. The Morgan fingerprint density at radius 3 is 2.67 bits per heavy atom. The lowest BCUT2D eigenvalue weighted by molar-refractivity contribution is 0.480. The predicted octanol–water partition coefficient (Wildman–Crippen LogP) is 5.08. The second-order valence-corrected chi connectivity index (χ2v) is 5.35. The Kier molecular flexibility index (Phi) is 5.59. The van der Waals surface area contributed by atoms with Gasteiger partial charge in [0.2, 0.25) is 0 Å². The van der Waals surface area contributed by atoms with E-state index in [-0.39, 0.29) is 10.8 Å². The summed E-state index contributed by atoms with van der Waals surface area (Å²) in [6.07, 6.45) is 1.11. The zero-order valence-corrected chi connectivity index (χ0v) is 13.0. The van der Waals surface area contributed by atoms with Crippen LogP contribution in [-0.2, 0) is 6.54 Å². The average Bonchev–Trinajstić information content (AvgIpc) is 2.44. The summed E-state index contributed by atoms with van der Waals surface area (Å²) < 4.78 is 18.7. The topological polar surface area (TPSA) is 21.3 Å². The summed E-state index contributed by atoms with van der Waals surface area (Å²) in [5, 5.41) is 3.64. The van der Waals surface area contributed by atoms with Gasteiger partial charge in [0.25, 0.3) is 0 Å². The number of aryl methyl sites for hydroxylation is 1. The molecule has 2 rings (SSSR count). The van der Waals surface area contributed by atoms with Crippen LogP contribution < -0.4 is 10.1 Å². The molecular weight excluding hydrogens is 289 g/mol. The van der Waals surface area contributed by atoms with Crippen molar-refractivity contribution in [2.75, 3.05) is 6.54 Å². The van der Waals surface area contributed by atoms with Crippen molar-refractivity contribution in [3.8, 4) is 11.5 Å². The SMILES string of the molecule is CCCNCc1ccc(Oc2ccc(F)cc2Cl)cc1C. The second kappa shape index (κ2) is 7.43. The summed E-state index contributed by atoms with van der Waals surface area (Å²) in [6, 6.07) is 10.00. The van der Waals surface area contributed by atoms with Crippen LogP contribution in [0.4, 0.5) is 4.39 Å². The minimum absolute atomic E-state index is 0.265. The molecule has 0 amide bonds. The molecule has 0 heterocycles. The summed E-state index contributed by atoms with van der Waals surface area (Å²) in [5.41, 5.74) is 2.38. The van der Waals surface area contributed by atoms with Gasteiger partial charge >= 0.3 is 0 Å². The fourth-order valence-electron chi connectivity index (χ4n) is 2.01. The molecule has 4 heteroatoms. The normalized spacial score (nSPS) is 10.7. The van der Waals surface area contributed by atoms with Crippen LogP contribution in [0.1, 0.15) is 24.5 Å². The average molecular weight is 308 g/mol. The van der Waals surface area contributed by atoms with Gasteiger partial charge in [0.1, 0.15) is 17.3 Å². The van der Waals surface area contributed by atoms with Gasteiger partial charge in [-0.2, -0.15) is 0 Å². The van der Waals surface area contributed by atoms with Crippen LogP contribution in [0.15, 0.2) is 36.4 Å². The minimum Gasteiger partial charge on any atom is -0.456 e. The first-order valence-electron chi connectivity index (χ1n) is 7.03. The monoisotopic (exact) mass is 307 g/mol. The molecule has 1 N–H and O–H groups in total. The lowest BCUT2D eigenvalue weighted by Crippen LogP contribution is -2.14. The van der Waals surface area contributed by atoms with Crippen molar-refractivity contribution in [3.63, 3.8) is 0 Å². The largest absolute Gasteiger partial charge is 0.456 e. The summed E-state index contributed by atoms with van der Waals surface area (Å²) in [6.45, 7) is 6.03. The highest BCUT2D eigenvalue weighted by Crippen LogP contribution is 2.30. The van der Waals surface area contributed by atoms with Crippen LogP contribution >= 0.6 is 11.6 Å². The summed E-state index contributed by atoms with van der Waals surface area (Å²) in [5.74, 6) is 0.774. The third-order valence-electron chi connectivity index (χ3n) is 3.18. The maximum atomic E-state index is 13.0. The lowest BCUT2D eigenvalue weighted by Gasteiger charge is -2.11. The van der Waals surface area contributed by atoms with Gasteiger partial charge in [-0.3, -0.25) is 0 Å². The van der Waals surface area contributed by atoms with Crippen LogP contribution in [0.25, 0.3) is 0 Å². The molecule has 0 saturated heterocycles. The van der Waals surface area contributed by atoms with Gasteiger partial charge in [0, 0.05) is 6.54 Å². The van der Waals surface area contributed by atoms with Crippen LogP contribution in [-0.4, -0.2) is 6.54 Å². The number of rotatable bonds is 6. The molecule has 0 fully saturated rings. The summed E-state index contributed by atoms with van der Waals surface area (Å²) in [7, 11) is 0. The molecule has 2 nitrogen and oxygen atoms in total. The summed E-state index contributed by atoms with van der Waals surface area (Å²) >= 11 is 5.96. The molecule has 112 valence electrons. The van der Waals surface area contributed by atoms with Gasteiger partial charge in [-0.05, 0) is 61.3 Å². The van der Waals surface area contributed by atoms with E-state index < -0.39 is 0 Å². The van der Waals surface area contributed by atoms with Crippen molar-refractivity contribution < 1.29 is 9.13 Å². The van der Waals surface area contributed by atoms with E-state index in [1.54, 1.807) is 0 Å². The minimum atomic E-state index is -0.374. The van der Waals surface area contributed by atoms with E-state index in [0.717, 1.165) is 25.1 Å². The Morgan fingerprint density at radius 2 is 2.00 bits per heavy atom. The van der Waals surface area contributed by atoms with Gasteiger partial charge in [-0.25, -0.2) is 4.39 Å². The maximum absolute atomic E-state index is 13.0. The molecule has 0 aliphatic heterocycles. The number of benzene rings is 2. The molecule has 21 heavy (non-hydrogen) atoms. The van der Waals surface area contributed by atoms with E-state index in [2.05, 4.69) is 12.2 Å². The van der Waals surface area contributed by atoms with Crippen LogP contribution in [0.5, 0.6) is 11.5 Å². The molecule has 2 aromatic carbocycles. The number of hydrogen-bond acceptors (Lipinski definition) is 2. The van der Waals surface area contributed by atoms with E-state index in [1.807, 2.05) is 25.1 Å². The molecule has 0 bridgehead atoms. The first kappa shape index (κ1) is 15.8. The van der Waals surface area contributed by atoms with Crippen molar-refractivity contribution in [1.82, 2.24) is 5.32 Å². The molecule has 0 atom stereocenters. The van der Waals surface area contributed by atoms with Crippen LogP contribution in [0.2, 0.25) is 5.02 Å². The Balaban J connectivity index is 2.09. The van der Waals surface area contributed by atoms with Crippen molar-refractivity contribution in [3.05, 3.63) is 58.4 Å². The highest BCUT2D eigenvalue weighted by molar-refractivity contribution is 6.32. The molecule has 0 saturated carbocycles. The van der Waals surface area contributed by atoms with Gasteiger partial charge in [0.15, 0.2) is 0 Å². The molecule has 0 aliphatic carbocycles. The Morgan fingerprint density at radius 1 is 1.19 bits per heavy atom. The number of hydrogen-bond donors (Lipinski definition) is 1. The van der Waals surface area contributed by atoms with Crippen molar-refractivity contribution in [1.29, 1.82) is 0 Å². The van der Waals surface area contributed by atoms with Gasteiger partial charge < -0.3 is 10.1 Å². The third kappa shape index (κ3) is 4.45. The van der Waals surface area contributed by atoms with Crippen LogP contribution in [0.3, 0.4) is 0 Å². The lowest BCUT2D eigenvalue weighted by atomic mass is 10.1. The molecule has 0 spiro atoms. The van der Waals surface area contributed by atoms with Crippen molar-refractivity contribution in [2.45, 2.75) is 26.8 Å². The van der Waals surface area contributed by atoms with E-state index in [0.29, 0.717) is 11.5 Å². The standard InChI is InChI=1S/C17H19ClFNO/c1-3-8-20-11-13-4-6-15(9-12(13)2)21-17-7-5-14(19)10-16(17)18/h4-7,9-10,20H,3,8,11H2,1-2H3. The first-order chi connectivity index (χ1) is 10.1. The van der Waals surface area contributed by atoms with Gasteiger partial charge in [0.05, 0.1) is 5.02 Å². The van der Waals surface area contributed by atoms with Crippen molar-refractivity contribution >= 4 is 11.6 Å². The van der Waals surface area contributed by atoms with E-state index in [9.17, 15) is 4.39 Å². The fraction of sp³-hybridized carbons (Fsp3) is 0.294. The fourth-order valence-corrected chi connectivity index (χ4v) is 2.22. The highest BCUT2D eigenvalue weighted by atomic mass is 35.5. The van der Waals surface area contributed by atoms with Gasteiger partial charge in [-0.1, -0.05) is 24.6 Å². The smallest absolute Gasteiger partial charge is 0.146 e. The molecule has 2 aromatic rings. The molecule has 0 aromatic heterocycles. The number of halogens is 2. The molecular formula is C17H19ClFNO. The van der Waals surface area contributed by atoms with E-state index >= 15 is 0 Å². The van der Waals surface area contributed by atoms with Crippen LogP contribution in [0, 0.1) is 12.7 Å². The van der Waals surface area contributed by atoms with Gasteiger partial charge in [-0.15, -0.1) is 0 Å². The van der Waals surface area contributed by atoms with Crippen molar-refractivity contribution in [2.24, 2.45) is 0 Å². The number of ether oxygens (including phenoxy) is 1. The number of nitrogens with one attached hydrogen (secondary N) is 1. The highest BCUT2D eigenvalue weighted by Gasteiger charge is 2.06. The van der Waals surface area contributed by atoms with E-state index in [4.69, 9.17) is 16.3 Å². The Bertz CT molecular complexity index is 616. The molecule has 0 aliphatic rings. The predicted molar refractivity (Wildman–Crippen MR) is 84.7 cm³/mol. The van der Waals surface area contributed by atoms with E-state index in [1.165, 1.54) is 23.8 Å². The third-order valence-corrected chi connectivity index (χ3v) is 3.47. The molecule has 0 unspecified atom stereocenters. The second-order valence-electron chi connectivity index (χ2n) is 4.94. The summed E-state index contributed by atoms with van der Waals surface area (Å²) in [4.78, 5) is 0. The Hall–Kier alpha value is -1.58. The zero-order chi connectivity index (χ0) is 15.2. The maximum Gasteiger partial charge on any atom is 0.146 e.